The molecule has 166 valence electrons. The Kier molecular flexibility index (Phi) is 6.69. The number of phenolic OH excluding ortho intramolecular Hbond substituents is 1. The number of aromatic hydroxyl groups is 1. The highest BCUT2D eigenvalue weighted by atomic mass is 16.5. The molecule has 31 heavy (non-hydrogen) atoms. The minimum atomic E-state index is -0.208. The molecule has 3 nitrogen and oxygen atoms in total. The summed E-state index contributed by atoms with van der Waals surface area (Å²) in [5.41, 5.74) is 4.53. The molecule has 0 unspecified atom stereocenters. The van der Waals surface area contributed by atoms with Gasteiger partial charge >= 0.3 is 0 Å². The first-order valence-electron chi connectivity index (χ1n) is 12.1. The Balaban J connectivity index is 1.70. The van der Waals surface area contributed by atoms with Crippen molar-refractivity contribution in [2.45, 2.75) is 95.3 Å². The second kappa shape index (κ2) is 9.46. The fourth-order valence-electron chi connectivity index (χ4n) is 5.68. The van der Waals surface area contributed by atoms with E-state index in [4.69, 9.17) is 4.74 Å². The van der Waals surface area contributed by atoms with Crippen LogP contribution in [0, 0.1) is 0 Å². The molecule has 0 atom stereocenters. The van der Waals surface area contributed by atoms with Crippen molar-refractivity contribution in [3.8, 4) is 11.5 Å². The van der Waals surface area contributed by atoms with Gasteiger partial charge in [-0.05, 0) is 71.9 Å². The highest BCUT2D eigenvalue weighted by molar-refractivity contribution is 5.53. The molecular weight excluding hydrogens is 384 g/mol. The molecule has 0 radical (unpaired) electrons. The van der Waals surface area contributed by atoms with Crippen LogP contribution < -0.4 is 4.74 Å². The second-order valence-corrected chi connectivity index (χ2v) is 10.0. The van der Waals surface area contributed by atoms with Crippen LogP contribution in [0.2, 0.25) is 0 Å². The van der Waals surface area contributed by atoms with Gasteiger partial charge in [0, 0.05) is 5.41 Å². The fraction of sp³-hybridized carbons (Fsp3) is 0.536. The summed E-state index contributed by atoms with van der Waals surface area (Å²) in [6.07, 6.45) is 12.2. The number of benzene rings is 2. The molecule has 0 heterocycles. The van der Waals surface area contributed by atoms with Crippen LogP contribution in [0.15, 0.2) is 36.4 Å². The molecule has 0 bridgehead atoms. The molecule has 2 fully saturated rings. The number of carbonyl (C=O) groups excluding carboxylic acids is 1. The number of rotatable bonds is 6. The van der Waals surface area contributed by atoms with Gasteiger partial charge in [-0.3, -0.25) is 4.79 Å². The molecule has 0 saturated heterocycles. The molecule has 2 aromatic carbocycles. The van der Waals surface area contributed by atoms with Crippen molar-refractivity contribution in [3.05, 3.63) is 58.7 Å². The van der Waals surface area contributed by atoms with E-state index in [2.05, 4.69) is 38.1 Å². The average molecular weight is 421 g/mol. The van der Waals surface area contributed by atoms with Crippen molar-refractivity contribution in [1.82, 2.24) is 0 Å². The lowest BCUT2D eigenvalue weighted by molar-refractivity contribution is -0.120. The topological polar surface area (TPSA) is 46.5 Å². The van der Waals surface area contributed by atoms with Gasteiger partial charge < -0.3 is 9.84 Å². The quantitative estimate of drug-likeness (QED) is 0.497. The Hall–Kier alpha value is -2.29. The zero-order valence-electron chi connectivity index (χ0n) is 19.0. The van der Waals surface area contributed by atoms with Crippen LogP contribution in [0.1, 0.15) is 112 Å². The van der Waals surface area contributed by atoms with Gasteiger partial charge in [0.15, 0.2) is 0 Å². The first-order chi connectivity index (χ1) is 15.0. The first-order valence-corrected chi connectivity index (χ1v) is 12.1. The third kappa shape index (κ3) is 4.66. The predicted molar refractivity (Wildman–Crippen MR) is 125 cm³/mol. The zero-order valence-corrected chi connectivity index (χ0v) is 19.0. The summed E-state index contributed by atoms with van der Waals surface area (Å²) in [5.74, 6) is 2.06. The van der Waals surface area contributed by atoms with Crippen LogP contribution >= 0.6 is 0 Å². The summed E-state index contributed by atoms with van der Waals surface area (Å²) in [6.45, 7) is 5.05. The van der Waals surface area contributed by atoms with Crippen molar-refractivity contribution in [2.75, 3.05) is 0 Å². The molecule has 2 aliphatic rings. The Labute approximate surface area is 186 Å². The minimum Gasteiger partial charge on any atom is -0.508 e. The van der Waals surface area contributed by atoms with Crippen molar-refractivity contribution < 1.29 is 14.6 Å². The number of carbonyl (C=O) groups is 1. The van der Waals surface area contributed by atoms with Gasteiger partial charge in [-0.2, -0.15) is 0 Å². The maximum atomic E-state index is 11.1. The molecule has 4 rings (SSSR count). The van der Waals surface area contributed by atoms with Gasteiger partial charge in [0.1, 0.15) is 11.5 Å². The monoisotopic (exact) mass is 420 g/mol. The molecule has 0 amide bonds. The molecule has 0 aliphatic heterocycles. The number of phenols is 1. The van der Waals surface area contributed by atoms with Crippen LogP contribution in [0.3, 0.4) is 0 Å². The van der Waals surface area contributed by atoms with Gasteiger partial charge in [-0.1, -0.05) is 76.6 Å². The SMILES string of the molecule is CC(C)(c1ccc(O)c(C2CCCCC2)c1)c1ccc(OC=O)c(C2CCCCC2)c1. The maximum absolute atomic E-state index is 11.1. The van der Waals surface area contributed by atoms with Crippen molar-refractivity contribution >= 4 is 6.47 Å². The Bertz CT molecular complexity index is 902. The Morgan fingerprint density at radius 1 is 0.806 bits per heavy atom. The lowest BCUT2D eigenvalue weighted by atomic mass is 9.74. The Morgan fingerprint density at radius 3 is 1.90 bits per heavy atom. The van der Waals surface area contributed by atoms with Crippen molar-refractivity contribution in [1.29, 1.82) is 0 Å². The van der Waals surface area contributed by atoms with E-state index in [1.165, 1.54) is 68.1 Å². The van der Waals surface area contributed by atoms with E-state index in [-0.39, 0.29) is 5.41 Å². The van der Waals surface area contributed by atoms with Gasteiger partial charge in [-0.15, -0.1) is 0 Å². The normalized spacial score (nSPS) is 18.6. The maximum Gasteiger partial charge on any atom is 0.298 e. The number of hydrogen-bond acceptors (Lipinski definition) is 3. The summed E-state index contributed by atoms with van der Waals surface area (Å²) >= 11 is 0. The standard InChI is InChI=1S/C28H36O3/c1-28(2,22-13-15-26(30)24(17-22)20-9-5-3-6-10-20)23-14-16-27(31-19-29)25(18-23)21-11-7-4-8-12-21/h13-21,30H,3-12H2,1-2H3. The smallest absolute Gasteiger partial charge is 0.298 e. The third-order valence-electron chi connectivity index (χ3n) is 7.75. The summed E-state index contributed by atoms with van der Waals surface area (Å²) < 4.78 is 5.36. The van der Waals surface area contributed by atoms with E-state index < -0.39 is 0 Å². The fourth-order valence-corrected chi connectivity index (χ4v) is 5.68. The molecule has 3 heteroatoms. The average Bonchev–Trinajstić information content (AvgIpc) is 2.81. The first kappa shape index (κ1) is 21.9. The number of ether oxygens (including phenoxy) is 1. The van der Waals surface area contributed by atoms with Crippen molar-refractivity contribution in [3.63, 3.8) is 0 Å². The second-order valence-electron chi connectivity index (χ2n) is 10.0. The van der Waals surface area contributed by atoms with E-state index in [9.17, 15) is 9.90 Å². The van der Waals surface area contributed by atoms with E-state index in [1.54, 1.807) is 0 Å². The Morgan fingerprint density at radius 2 is 1.32 bits per heavy atom. The van der Waals surface area contributed by atoms with Crippen LogP contribution in [-0.4, -0.2) is 11.6 Å². The van der Waals surface area contributed by atoms with E-state index in [1.807, 2.05) is 12.1 Å². The number of hydrogen-bond donors (Lipinski definition) is 1. The van der Waals surface area contributed by atoms with E-state index >= 15 is 0 Å². The zero-order chi connectivity index (χ0) is 21.8. The van der Waals surface area contributed by atoms with Crippen molar-refractivity contribution in [2.24, 2.45) is 0 Å². The lowest BCUT2D eigenvalue weighted by Crippen LogP contribution is -2.20. The van der Waals surface area contributed by atoms with Gasteiger partial charge in [0.2, 0.25) is 0 Å². The third-order valence-corrected chi connectivity index (χ3v) is 7.75. The molecule has 1 N–H and O–H groups in total. The summed E-state index contributed by atoms with van der Waals surface area (Å²) in [6, 6.07) is 12.5. The predicted octanol–water partition coefficient (Wildman–Crippen LogP) is 7.35. The van der Waals surface area contributed by atoms with Crippen LogP contribution in [-0.2, 0) is 10.2 Å². The van der Waals surface area contributed by atoms with Crippen LogP contribution in [0.4, 0.5) is 0 Å². The summed E-state index contributed by atoms with van der Waals surface area (Å²) in [5, 5.41) is 10.6. The molecule has 2 aliphatic carbocycles. The highest BCUT2D eigenvalue weighted by Crippen LogP contribution is 2.43. The summed E-state index contributed by atoms with van der Waals surface area (Å²) in [4.78, 5) is 11.1. The lowest BCUT2D eigenvalue weighted by Gasteiger charge is -2.31. The highest BCUT2D eigenvalue weighted by Gasteiger charge is 2.29. The van der Waals surface area contributed by atoms with Gasteiger partial charge in [0.25, 0.3) is 6.47 Å². The summed E-state index contributed by atoms with van der Waals surface area (Å²) in [7, 11) is 0. The van der Waals surface area contributed by atoms with E-state index in [0.29, 0.717) is 29.8 Å². The minimum absolute atomic E-state index is 0.208. The van der Waals surface area contributed by atoms with Gasteiger partial charge in [0.05, 0.1) is 0 Å². The molecule has 2 aromatic rings. The van der Waals surface area contributed by atoms with Gasteiger partial charge in [-0.25, -0.2) is 0 Å². The largest absolute Gasteiger partial charge is 0.508 e. The molecule has 2 saturated carbocycles. The van der Waals surface area contributed by atoms with Crippen LogP contribution in [0.5, 0.6) is 11.5 Å². The molecular formula is C28H36O3. The molecule has 0 spiro atoms. The van der Waals surface area contributed by atoms with E-state index in [0.717, 1.165) is 18.4 Å². The van der Waals surface area contributed by atoms with Crippen LogP contribution in [0.25, 0.3) is 0 Å². The molecule has 0 aromatic heterocycles.